The fraction of sp³-hybridized carbons (Fsp3) is 0.188. The van der Waals surface area contributed by atoms with Gasteiger partial charge in [0.25, 0.3) is 5.91 Å². The molecule has 21 heavy (non-hydrogen) atoms. The van der Waals surface area contributed by atoms with Crippen LogP contribution in [0.5, 0.6) is 0 Å². The van der Waals surface area contributed by atoms with Gasteiger partial charge in [0.15, 0.2) is 0 Å². The maximum atomic E-state index is 12.8. The predicted molar refractivity (Wildman–Crippen MR) is 94.5 cm³/mol. The highest BCUT2D eigenvalue weighted by Gasteiger charge is 2.31. The minimum Gasteiger partial charge on any atom is -0.322 e. The van der Waals surface area contributed by atoms with Crippen molar-refractivity contribution in [3.05, 3.63) is 68.6 Å². The maximum absolute atomic E-state index is 12.8. The fourth-order valence-corrected chi connectivity index (χ4v) is 4.35. The van der Waals surface area contributed by atoms with Crippen LogP contribution in [0, 0.1) is 0 Å². The fourth-order valence-electron chi connectivity index (χ4n) is 2.37. The van der Waals surface area contributed by atoms with Crippen molar-refractivity contribution in [1.82, 2.24) is 4.90 Å². The number of halogens is 2. The summed E-state index contributed by atoms with van der Waals surface area (Å²) in [7, 11) is 0. The molecule has 0 N–H and O–H groups in total. The number of thioether (sulfide) groups is 1. The lowest BCUT2D eigenvalue weighted by Gasteiger charge is -2.24. The van der Waals surface area contributed by atoms with Gasteiger partial charge in [-0.05, 0) is 45.8 Å². The van der Waals surface area contributed by atoms with Gasteiger partial charge in [-0.25, -0.2) is 0 Å². The zero-order valence-electron chi connectivity index (χ0n) is 11.1. The van der Waals surface area contributed by atoms with E-state index in [9.17, 15) is 4.79 Å². The predicted octanol–water partition coefficient (Wildman–Crippen LogP) is 5.10. The lowest BCUT2D eigenvalue weighted by atomic mass is 10.1. The highest BCUT2D eigenvalue weighted by Crippen LogP contribution is 2.39. The first-order valence-electron chi connectivity index (χ1n) is 6.59. The molecule has 0 aromatic heterocycles. The van der Waals surface area contributed by atoms with Crippen molar-refractivity contribution in [3.8, 4) is 0 Å². The molecule has 2 aromatic carbocycles. The molecule has 1 aliphatic heterocycles. The topological polar surface area (TPSA) is 20.3 Å². The zero-order chi connectivity index (χ0) is 14.8. The number of carbonyl (C=O) groups excluding carboxylic acids is 1. The van der Waals surface area contributed by atoms with Crippen LogP contribution in [0.1, 0.15) is 21.3 Å². The van der Waals surface area contributed by atoms with Crippen molar-refractivity contribution in [2.75, 3.05) is 12.3 Å². The molecule has 108 valence electrons. The Balaban J connectivity index is 1.89. The first-order chi connectivity index (χ1) is 10.2. The molecule has 5 heteroatoms. The van der Waals surface area contributed by atoms with Crippen LogP contribution >= 0.6 is 43.6 Å². The number of carbonyl (C=O) groups is 1. The van der Waals surface area contributed by atoms with Crippen LogP contribution in [0.2, 0.25) is 0 Å². The largest absolute Gasteiger partial charge is 0.322 e. The lowest BCUT2D eigenvalue weighted by molar-refractivity contribution is 0.0759. The number of hydrogen-bond acceptors (Lipinski definition) is 2. The minimum atomic E-state index is 0.0837. The van der Waals surface area contributed by atoms with Gasteiger partial charge in [-0.2, -0.15) is 0 Å². The molecule has 0 radical (unpaired) electrons. The van der Waals surface area contributed by atoms with Crippen molar-refractivity contribution in [3.63, 3.8) is 0 Å². The summed E-state index contributed by atoms with van der Waals surface area (Å²) in [6.07, 6.45) is 0. The van der Waals surface area contributed by atoms with E-state index in [1.807, 2.05) is 53.1 Å². The summed E-state index contributed by atoms with van der Waals surface area (Å²) in [5.41, 5.74) is 1.89. The Morgan fingerprint density at radius 2 is 1.81 bits per heavy atom. The number of nitrogens with zero attached hydrogens (tertiary/aromatic N) is 1. The third-order valence-corrected chi connectivity index (χ3v) is 5.89. The van der Waals surface area contributed by atoms with Gasteiger partial charge in [-0.15, -0.1) is 11.8 Å². The van der Waals surface area contributed by atoms with Crippen molar-refractivity contribution in [1.29, 1.82) is 0 Å². The molecule has 1 unspecified atom stereocenters. The van der Waals surface area contributed by atoms with Crippen molar-refractivity contribution in [2.24, 2.45) is 0 Å². The Morgan fingerprint density at radius 3 is 2.52 bits per heavy atom. The van der Waals surface area contributed by atoms with Gasteiger partial charge in [-0.3, -0.25) is 4.79 Å². The lowest BCUT2D eigenvalue weighted by Crippen LogP contribution is -2.30. The number of hydrogen-bond donors (Lipinski definition) is 0. The Labute approximate surface area is 145 Å². The van der Waals surface area contributed by atoms with E-state index < -0.39 is 0 Å². The minimum absolute atomic E-state index is 0.0837. The van der Waals surface area contributed by atoms with E-state index >= 15 is 0 Å². The number of rotatable bonds is 2. The molecule has 1 aliphatic rings. The summed E-state index contributed by atoms with van der Waals surface area (Å²) in [6.45, 7) is 0.783. The Bertz CT molecular complexity index is 660. The van der Waals surface area contributed by atoms with Crippen LogP contribution in [0.4, 0.5) is 0 Å². The molecule has 1 fully saturated rings. The molecule has 1 saturated heterocycles. The third-order valence-electron chi connectivity index (χ3n) is 3.41. The number of amides is 1. The van der Waals surface area contributed by atoms with Gasteiger partial charge in [0.2, 0.25) is 0 Å². The zero-order valence-corrected chi connectivity index (χ0v) is 15.1. The van der Waals surface area contributed by atoms with Gasteiger partial charge in [0.05, 0.1) is 5.56 Å². The van der Waals surface area contributed by atoms with Crippen molar-refractivity contribution >= 4 is 49.5 Å². The highest BCUT2D eigenvalue weighted by molar-refractivity contribution is 9.10. The van der Waals surface area contributed by atoms with E-state index in [0.717, 1.165) is 26.8 Å². The van der Waals surface area contributed by atoms with Gasteiger partial charge >= 0.3 is 0 Å². The standard InChI is InChI=1S/C16H13Br2NOS/c17-12-7-5-11(6-8-12)16-19(9-10-21-16)15(20)13-3-1-2-4-14(13)18/h1-8,16H,9-10H2. The SMILES string of the molecule is O=C(c1ccccc1Br)N1CCSC1c1ccc(Br)cc1. The Morgan fingerprint density at radius 1 is 1.10 bits per heavy atom. The van der Waals surface area contributed by atoms with Crippen LogP contribution < -0.4 is 0 Å². The highest BCUT2D eigenvalue weighted by atomic mass is 79.9. The molecule has 0 bridgehead atoms. The molecule has 0 spiro atoms. The molecule has 0 aliphatic carbocycles. The molecule has 2 aromatic rings. The van der Waals surface area contributed by atoms with Crippen LogP contribution in [0.15, 0.2) is 57.5 Å². The van der Waals surface area contributed by atoms with Crippen molar-refractivity contribution < 1.29 is 4.79 Å². The van der Waals surface area contributed by atoms with E-state index in [1.54, 1.807) is 0 Å². The van der Waals surface area contributed by atoms with Crippen molar-refractivity contribution in [2.45, 2.75) is 5.37 Å². The summed E-state index contributed by atoms with van der Waals surface area (Å²) in [5.74, 6) is 1.05. The second-order valence-electron chi connectivity index (χ2n) is 4.75. The van der Waals surface area contributed by atoms with E-state index in [1.165, 1.54) is 5.56 Å². The maximum Gasteiger partial charge on any atom is 0.256 e. The van der Waals surface area contributed by atoms with E-state index in [2.05, 4.69) is 44.0 Å². The average molecular weight is 427 g/mol. The van der Waals surface area contributed by atoms with Gasteiger partial charge in [-0.1, -0.05) is 40.2 Å². The summed E-state index contributed by atoms with van der Waals surface area (Å²) in [6, 6.07) is 15.8. The quantitative estimate of drug-likeness (QED) is 0.665. The summed E-state index contributed by atoms with van der Waals surface area (Å²) < 4.78 is 1.90. The van der Waals surface area contributed by atoms with Gasteiger partial charge in [0.1, 0.15) is 5.37 Å². The molecule has 3 rings (SSSR count). The Kier molecular flexibility index (Phi) is 4.72. The summed E-state index contributed by atoms with van der Waals surface area (Å²) in [5, 5.41) is 0.0951. The van der Waals surface area contributed by atoms with E-state index in [4.69, 9.17) is 0 Å². The average Bonchev–Trinajstić information content (AvgIpc) is 2.97. The van der Waals surface area contributed by atoms with Gasteiger partial charge in [0, 0.05) is 21.2 Å². The molecule has 0 saturated carbocycles. The van der Waals surface area contributed by atoms with E-state index in [-0.39, 0.29) is 11.3 Å². The number of benzene rings is 2. The summed E-state index contributed by atoms with van der Waals surface area (Å²) >= 11 is 8.73. The molecular formula is C16H13Br2NOS. The van der Waals surface area contributed by atoms with Gasteiger partial charge < -0.3 is 4.90 Å². The molecular weight excluding hydrogens is 414 g/mol. The molecule has 2 nitrogen and oxygen atoms in total. The normalized spacial score (nSPS) is 18.0. The molecule has 1 heterocycles. The van der Waals surface area contributed by atoms with Crippen LogP contribution in [-0.4, -0.2) is 23.1 Å². The van der Waals surface area contributed by atoms with E-state index in [0.29, 0.717) is 0 Å². The first-order valence-corrected chi connectivity index (χ1v) is 9.23. The summed E-state index contributed by atoms with van der Waals surface area (Å²) in [4.78, 5) is 14.7. The van der Waals surface area contributed by atoms with Crippen LogP contribution in [0.3, 0.4) is 0 Å². The monoisotopic (exact) mass is 425 g/mol. The molecule has 1 amide bonds. The smallest absolute Gasteiger partial charge is 0.256 e. The second-order valence-corrected chi connectivity index (χ2v) is 7.71. The second kappa shape index (κ2) is 6.55. The van der Waals surface area contributed by atoms with Crippen LogP contribution in [-0.2, 0) is 0 Å². The third kappa shape index (κ3) is 3.20. The van der Waals surface area contributed by atoms with Crippen LogP contribution in [0.25, 0.3) is 0 Å². The molecule has 1 atom stereocenters. The first kappa shape index (κ1) is 15.1. The Hall–Kier alpha value is -0.780.